The Morgan fingerprint density at radius 3 is 2.69 bits per heavy atom. The van der Waals surface area contributed by atoms with Gasteiger partial charge in [0.05, 0.1) is 6.61 Å². The number of nitrogens with zero attached hydrogens (tertiary/aromatic N) is 1. The Labute approximate surface area is 81.9 Å². The van der Waals surface area contributed by atoms with Crippen LogP contribution >= 0.6 is 0 Å². The van der Waals surface area contributed by atoms with Crippen LogP contribution in [0.15, 0.2) is 0 Å². The molecule has 1 heterocycles. The number of hydrogen-bond donors (Lipinski definition) is 1. The van der Waals surface area contributed by atoms with Gasteiger partial charge in [0.1, 0.15) is 0 Å². The van der Waals surface area contributed by atoms with E-state index in [-0.39, 0.29) is 0 Å². The van der Waals surface area contributed by atoms with Gasteiger partial charge in [-0.05, 0) is 25.3 Å². The molecule has 13 heavy (non-hydrogen) atoms. The molecule has 0 radical (unpaired) electrons. The summed E-state index contributed by atoms with van der Waals surface area (Å²) in [5.41, 5.74) is 0. The molecule has 1 rings (SSSR count). The zero-order chi connectivity index (χ0) is 9.68. The van der Waals surface area contributed by atoms with Crippen LogP contribution in [0.2, 0.25) is 0 Å². The maximum Gasteiger partial charge on any atom is 0.0586 e. The fraction of sp³-hybridized carbons (Fsp3) is 1.00. The normalized spacial score (nSPS) is 26.3. The molecular weight excluding hydrogens is 162 g/mol. The van der Waals surface area contributed by atoms with Gasteiger partial charge < -0.3 is 5.11 Å². The first-order chi connectivity index (χ1) is 6.24. The van der Waals surface area contributed by atoms with E-state index in [0.717, 1.165) is 6.54 Å². The molecule has 0 aromatic carbocycles. The first kappa shape index (κ1) is 11.0. The summed E-state index contributed by atoms with van der Waals surface area (Å²) < 4.78 is 0. The minimum atomic E-state index is 0.340. The number of likely N-dealkylation sites (tertiary alicyclic amines) is 1. The van der Waals surface area contributed by atoms with Gasteiger partial charge in [0.15, 0.2) is 0 Å². The summed E-state index contributed by atoms with van der Waals surface area (Å²) >= 11 is 0. The molecule has 0 aromatic heterocycles. The summed E-state index contributed by atoms with van der Waals surface area (Å²) in [6, 6.07) is 0.435. The van der Waals surface area contributed by atoms with Gasteiger partial charge in [0.25, 0.3) is 0 Å². The molecule has 0 saturated carbocycles. The Kier molecular flexibility index (Phi) is 4.74. The highest BCUT2D eigenvalue weighted by atomic mass is 16.3. The molecule has 1 aliphatic rings. The molecular formula is C11H23NO. The van der Waals surface area contributed by atoms with E-state index in [0.29, 0.717) is 18.6 Å². The van der Waals surface area contributed by atoms with Crippen LogP contribution in [-0.2, 0) is 0 Å². The van der Waals surface area contributed by atoms with E-state index in [1.54, 1.807) is 0 Å². The third-order valence-electron chi connectivity index (χ3n) is 2.81. The lowest BCUT2D eigenvalue weighted by Gasteiger charge is -2.29. The maximum atomic E-state index is 9.26. The summed E-state index contributed by atoms with van der Waals surface area (Å²) in [6.07, 6.45) is 5.12. The molecule has 2 nitrogen and oxygen atoms in total. The number of aliphatic hydroxyl groups excluding tert-OH is 1. The maximum absolute atomic E-state index is 9.26. The van der Waals surface area contributed by atoms with Crippen molar-refractivity contribution in [3.63, 3.8) is 0 Å². The summed E-state index contributed by atoms with van der Waals surface area (Å²) in [4.78, 5) is 2.47. The van der Waals surface area contributed by atoms with Crippen LogP contribution in [0.25, 0.3) is 0 Å². The molecule has 1 fully saturated rings. The molecule has 1 N–H and O–H groups in total. The topological polar surface area (TPSA) is 23.5 Å². The van der Waals surface area contributed by atoms with Gasteiger partial charge in [-0.25, -0.2) is 0 Å². The van der Waals surface area contributed by atoms with Gasteiger partial charge in [-0.3, -0.25) is 4.90 Å². The zero-order valence-electron chi connectivity index (χ0n) is 9.00. The van der Waals surface area contributed by atoms with Crippen molar-refractivity contribution in [2.45, 2.75) is 45.6 Å². The summed E-state index contributed by atoms with van der Waals surface area (Å²) in [5, 5.41) is 9.26. The molecule has 0 bridgehead atoms. The molecule has 2 heteroatoms. The van der Waals surface area contributed by atoms with Gasteiger partial charge in [0.2, 0.25) is 0 Å². The van der Waals surface area contributed by atoms with Crippen molar-refractivity contribution < 1.29 is 5.11 Å². The van der Waals surface area contributed by atoms with Crippen molar-refractivity contribution in [3.05, 3.63) is 0 Å². The lowest BCUT2D eigenvalue weighted by Crippen LogP contribution is -2.39. The van der Waals surface area contributed by atoms with E-state index in [9.17, 15) is 5.11 Å². The Hall–Kier alpha value is -0.0800. The van der Waals surface area contributed by atoms with Crippen molar-refractivity contribution in [3.8, 4) is 0 Å². The lowest BCUT2D eigenvalue weighted by atomic mass is 10.1. The van der Waals surface area contributed by atoms with Crippen molar-refractivity contribution >= 4 is 0 Å². The molecule has 0 aliphatic carbocycles. The second kappa shape index (κ2) is 5.61. The van der Waals surface area contributed by atoms with Crippen molar-refractivity contribution in [1.82, 2.24) is 4.90 Å². The quantitative estimate of drug-likeness (QED) is 0.725. The van der Waals surface area contributed by atoms with E-state index in [2.05, 4.69) is 18.7 Å². The monoisotopic (exact) mass is 185 g/mol. The summed E-state index contributed by atoms with van der Waals surface area (Å²) in [5.74, 6) is 0.715. The van der Waals surface area contributed by atoms with Crippen LogP contribution in [0.3, 0.4) is 0 Å². The molecule has 0 spiro atoms. The minimum absolute atomic E-state index is 0.340. The van der Waals surface area contributed by atoms with Gasteiger partial charge in [-0.15, -0.1) is 0 Å². The highest BCUT2D eigenvalue weighted by Gasteiger charge is 2.20. The van der Waals surface area contributed by atoms with E-state index in [1.165, 1.54) is 32.2 Å². The standard InChI is InChI=1S/C11H23NO/c1-10(2)8-12-7-5-3-4-6-11(12)9-13/h10-11,13H,3-9H2,1-2H3. The predicted octanol–water partition coefficient (Wildman–Crippen LogP) is 1.88. The third kappa shape index (κ3) is 3.65. The van der Waals surface area contributed by atoms with E-state index < -0.39 is 0 Å². The molecule has 1 atom stereocenters. The Morgan fingerprint density at radius 2 is 2.08 bits per heavy atom. The SMILES string of the molecule is CC(C)CN1CCCCCC1CO. The molecule has 0 aromatic rings. The first-order valence-electron chi connectivity index (χ1n) is 5.59. The fourth-order valence-electron chi connectivity index (χ4n) is 2.15. The van der Waals surface area contributed by atoms with Gasteiger partial charge in [-0.2, -0.15) is 0 Å². The second-order valence-electron chi connectivity index (χ2n) is 4.57. The highest BCUT2D eigenvalue weighted by molar-refractivity contribution is 4.75. The molecule has 1 aliphatic heterocycles. The summed E-state index contributed by atoms with van der Waals surface area (Å²) in [6.45, 7) is 7.17. The average Bonchev–Trinajstić information content (AvgIpc) is 2.28. The largest absolute Gasteiger partial charge is 0.395 e. The number of hydrogen-bond acceptors (Lipinski definition) is 2. The van der Waals surface area contributed by atoms with E-state index >= 15 is 0 Å². The van der Waals surface area contributed by atoms with Crippen molar-refractivity contribution in [1.29, 1.82) is 0 Å². The zero-order valence-corrected chi connectivity index (χ0v) is 9.00. The predicted molar refractivity (Wildman–Crippen MR) is 55.8 cm³/mol. The molecule has 1 saturated heterocycles. The first-order valence-corrected chi connectivity index (χ1v) is 5.59. The van der Waals surface area contributed by atoms with Gasteiger partial charge >= 0.3 is 0 Å². The van der Waals surface area contributed by atoms with Crippen LogP contribution < -0.4 is 0 Å². The Bertz CT molecular complexity index is 136. The summed E-state index contributed by atoms with van der Waals surface area (Å²) in [7, 11) is 0. The van der Waals surface area contributed by atoms with Crippen LogP contribution in [0.5, 0.6) is 0 Å². The lowest BCUT2D eigenvalue weighted by molar-refractivity contribution is 0.113. The fourth-order valence-corrected chi connectivity index (χ4v) is 2.15. The van der Waals surface area contributed by atoms with Crippen LogP contribution in [0.1, 0.15) is 39.5 Å². The van der Waals surface area contributed by atoms with Crippen LogP contribution in [-0.4, -0.2) is 35.7 Å². The minimum Gasteiger partial charge on any atom is -0.395 e. The Balaban J connectivity index is 2.44. The Morgan fingerprint density at radius 1 is 1.31 bits per heavy atom. The van der Waals surface area contributed by atoms with Gasteiger partial charge in [-0.1, -0.05) is 26.7 Å². The van der Waals surface area contributed by atoms with Crippen molar-refractivity contribution in [2.24, 2.45) is 5.92 Å². The average molecular weight is 185 g/mol. The van der Waals surface area contributed by atoms with Gasteiger partial charge in [0, 0.05) is 12.6 Å². The van der Waals surface area contributed by atoms with E-state index in [4.69, 9.17) is 0 Å². The van der Waals surface area contributed by atoms with Crippen molar-refractivity contribution in [2.75, 3.05) is 19.7 Å². The smallest absolute Gasteiger partial charge is 0.0586 e. The second-order valence-corrected chi connectivity index (χ2v) is 4.57. The molecule has 1 unspecified atom stereocenters. The molecule has 0 amide bonds. The number of rotatable bonds is 3. The highest BCUT2D eigenvalue weighted by Crippen LogP contribution is 2.17. The van der Waals surface area contributed by atoms with Crippen LogP contribution in [0.4, 0.5) is 0 Å². The van der Waals surface area contributed by atoms with Crippen LogP contribution in [0, 0.1) is 5.92 Å². The third-order valence-corrected chi connectivity index (χ3v) is 2.81. The molecule has 78 valence electrons. The van der Waals surface area contributed by atoms with E-state index in [1.807, 2.05) is 0 Å². The number of aliphatic hydroxyl groups is 1.